The van der Waals surface area contributed by atoms with Gasteiger partial charge in [-0.3, -0.25) is 9.89 Å². The first kappa shape index (κ1) is 20.7. The number of H-pyrrole nitrogens is 1. The highest BCUT2D eigenvalue weighted by molar-refractivity contribution is 5.95. The Morgan fingerprint density at radius 2 is 1.90 bits per heavy atom. The zero-order chi connectivity index (χ0) is 21.8. The van der Waals surface area contributed by atoms with E-state index in [1.165, 1.54) is 12.1 Å². The van der Waals surface area contributed by atoms with Crippen molar-refractivity contribution in [3.8, 4) is 22.8 Å². The highest BCUT2D eigenvalue weighted by atomic mass is 19.1. The van der Waals surface area contributed by atoms with Gasteiger partial charge in [0.25, 0.3) is 5.91 Å². The second-order valence-corrected chi connectivity index (χ2v) is 7.48. The lowest BCUT2D eigenvalue weighted by Crippen LogP contribution is -2.48. The summed E-state index contributed by atoms with van der Waals surface area (Å²) in [5, 5.41) is 10.5. The molecule has 1 saturated heterocycles. The summed E-state index contributed by atoms with van der Waals surface area (Å²) < 4.78 is 23.7. The van der Waals surface area contributed by atoms with Crippen molar-refractivity contribution in [3.05, 3.63) is 59.9 Å². The normalized spacial score (nSPS) is 16.1. The second kappa shape index (κ2) is 9.07. The number of aromatic amines is 1. The fourth-order valence-corrected chi connectivity index (χ4v) is 3.80. The Labute approximate surface area is 180 Å². The topological polar surface area (TPSA) is 79.5 Å². The van der Waals surface area contributed by atoms with E-state index in [-0.39, 0.29) is 17.8 Å². The number of amides is 1. The molecular formula is C23H25FN4O3. The Bertz CT molecular complexity index is 1050. The Hall–Kier alpha value is -3.55. The van der Waals surface area contributed by atoms with Crippen LogP contribution in [0.1, 0.15) is 23.2 Å². The van der Waals surface area contributed by atoms with Gasteiger partial charge >= 0.3 is 0 Å². The molecule has 1 fully saturated rings. The van der Waals surface area contributed by atoms with Crippen molar-refractivity contribution in [2.45, 2.75) is 18.9 Å². The number of carbonyl (C=O) groups excluding carboxylic acids is 1. The van der Waals surface area contributed by atoms with E-state index >= 15 is 0 Å². The van der Waals surface area contributed by atoms with Gasteiger partial charge in [-0.2, -0.15) is 5.10 Å². The molecule has 8 heteroatoms. The number of halogens is 1. The van der Waals surface area contributed by atoms with E-state index < -0.39 is 0 Å². The van der Waals surface area contributed by atoms with Crippen molar-refractivity contribution in [1.82, 2.24) is 15.5 Å². The number of nitrogens with one attached hydrogen (secondary N) is 2. The molecular weight excluding hydrogens is 399 g/mol. The fraction of sp³-hybridized carbons (Fsp3) is 0.304. The van der Waals surface area contributed by atoms with E-state index in [2.05, 4.69) is 20.4 Å². The molecule has 3 aromatic rings. The molecule has 0 bridgehead atoms. The molecule has 0 radical (unpaired) electrons. The van der Waals surface area contributed by atoms with Crippen molar-refractivity contribution in [1.29, 1.82) is 0 Å². The number of piperidine rings is 1. The molecule has 162 valence electrons. The maximum absolute atomic E-state index is 13.2. The van der Waals surface area contributed by atoms with E-state index in [1.54, 1.807) is 44.6 Å². The van der Waals surface area contributed by atoms with Gasteiger partial charge in [-0.05, 0) is 60.9 Å². The van der Waals surface area contributed by atoms with E-state index in [1.807, 2.05) is 6.07 Å². The summed E-state index contributed by atoms with van der Waals surface area (Å²) in [6.07, 6.45) is 1.83. The Balaban J connectivity index is 1.42. The highest BCUT2D eigenvalue weighted by Gasteiger charge is 2.24. The van der Waals surface area contributed by atoms with Gasteiger partial charge in [0.2, 0.25) is 0 Å². The van der Waals surface area contributed by atoms with Crippen LogP contribution in [-0.2, 0) is 0 Å². The van der Waals surface area contributed by atoms with Crippen LogP contribution >= 0.6 is 0 Å². The Morgan fingerprint density at radius 3 is 2.65 bits per heavy atom. The third kappa shape index (κ3) is 4.63. The molecule has 1 aromatic heterocycles. The summed E-state index contributed by atoms with van der Waals surface area (Å²) in [5.74, 6) is 1.49. The lowest BCUT2D eigenvalue weighted by molar-refractivity contribution is 0.0932. The average molecular weight is 424 g/mol. The molecule has 0 spiro atoms. The summed E-state index contributed by atoms with van der Waals surface area (Å²) >= 11 is 0. The standard InChI is InChI=1S/C23H25FN4O3/c1-30-20-10-7-16(12-21(20)31-2)23(29)25-18-4-3-11-28(14-18)22-13-19(26-27-22)15-5-8-17(24)9-6-15/h5-10,12-13,18H,3-4,11,14H2,1-2H3,(H,25,29)(H,26,27). The first-order valence-corrected chi connectivity index (χ1v) is 10.2. The van der Waals surface area contributed by atoms with Crippen LogP contribution in [0.4, 0.5) is 10.2 Å². The van der Waals surface area contributed by atoms with Crippen LogP contribution in [0.2, 0.25) is 0 Å². The SMILES string of the molecule is COc1ccc(C(=O)NC2CCCN(c3cc(-c4ccc(F)cc4)[nH]n3)C2)cc1OC. The molecule has 4 rings (SSSR count). The number of carbonyl (C=O) groups is 1. The van der Waals surface area contributed by atoms with Crippen LogP contribution in [0.3, 0.4) is 0 Å². The van der Waals surface area contributed by atoms with Gasteiger partial charge in [0.15, 0.2) is 17.3 Å². The molecule has 31 heavy (non-hydrogen) atoms. The van der Waals surface area contributed by atoms with Gasteiger partial charge in [-0.1, -0.05) is 0 Å². The number of hydrogen-bond donors (Lipinski definition) is 2. The third-order valence-corrected chi connectivity index (χ3v) is 5.45. The number of nitrogens with zero attached hydrogens (tertiary/aromatic N) is 2. The summed E-state index contributed by atoms with van der Waals surface area (Å²) in [5.41, 5.74) is 2.22. The van der Waals surface area contributed by atoms with Crippen molar-refractivity contribution < 1.29 is 18.7 Å². The van der Waals surface area contributed by atoms with Crippen LogP contribution in [0.15, 0.2) is 48.5 Å². The molecule has 0 aliphatic carbocycles. The first-order chi connectivity index (χ1) is 15.1. The van der Waals surface area contributed by atoms with Gasteiger partial charge in [0, 0.05) is 30.8 Å². The van der Waals surface area contributed by atoms with Crippen LogP contribution < -0.4 is 19.7 Å². The third-order valence-electron chi connectivity index (χ3n) is 5.45. The molecule has 7 nitrogen and oxygen atoms in total. The zero-order valence-corrected chi connectivity index (χ0v) is 17.5. The minimum Gasteiger partial charge on any atom is -0.493 e. The summed E-state index contributed by atoms with van der Waals surface area (Å²) in [4.78, 5) is 14.9. The summed E-state index contributed by atoms with van der Waals surface area (Å²) in [6, 6.07) is 13.4. The minimum absolute atomic E-state index is 0.000294. The molecule has 1 unspecified atom stereocenters. The molecule has 1 amide bonds. The van der Waals surface area contributed by atoms with Crippen molar-refractivity contribution in [3.63, 3.8) is 0 Å². The molecule has 1 aliphatic rings. The van der Waals surface area contributed by atoms with Gasteiger partial charge < -0.3 is 19.7 Å². The number of aromatic nitrogens is 2. The van der Waals surface area contributed by atoms with Gasteiger partial charge in [-0.15, -0.1) is 0 Å². The monoisotopic (exact) mass is 424 g/mol. The number of anilines is 1. The predicted octanol–water partition coefficient (Wildman–Crippen LogP) is 3.63. The molecule has 2 heterocycles. The second-order valence-electron chi connectivity index (χ2n) is 7.48. The van der Waals surface area contributed by atoms with Crippen molar-refractivity contribution >= 4 is 11.7 Å². The maximum atomic E-state index is 13.2. The van der Waals surface area contributed by atoms with Gasteiger partial charge in [-0.25, -0.2) is 4.39 Å². The largest absolute Gasteiger partial charge is 0.493 e. The summed E-state index contributed by atoms with van der Waals surface area (Å²) in [7, 11) is 3.10. The predicted molar refractivity (Wildman–Crippen MR) is 116 cm³/mol. The molecule has 2 aromatic carbocycles. The van der Waals surface area contributed by atoms with Crippen LogP contribution in [0.5, 0.6) is 11.5 Å². The molecule has 2 N–H and O–H groups in total. The smallest absolute Gasteiger partial charge is 0.251 e. The van der Waals surface area contributed by atoms with E-state index in [9.17, 15) is 9.18 Å². The van der Waals surface area contributed by atoms with E-state index in [4.69, 9.17) is 9.47 Å². The zero-order valence-electron chi connectivity index (χ0n) is 17.5. The number of rotatable bonds is 6. The van der Waals surface area contributed by atoms with E-state index in [0.717, 1.165) is 36.5 Å². The minimum atomic E-state index is -0.271. The number of hydrogen-bond acceptors (Lipinski definition) is 5. The summed E-state index contributed by atoms with van der Waals surface area (Å²) in [6.45, 7) is 1.52. The van der Waals surface area contributed by atoms with Crippen molar-refractivity contribution in [2.75, 3.05) is 32.2 Å². The van der Waals surface area contributed by atoms with Crippen molar-refractivity contribution in [2.24, 2.45) is 0 Å². The lowest BCUT2D eigenvalue weighted by atomic mass is 10.0. The fourth-order valence-electron chi connectivity index (χ4n) is 3.80. The maximum Gasteiger partial charge on any atom is 0.251 e. The van der Waals surface area contributed by atoms with Gasteiger partial charge in [0.05, 0.1) is 19.9 Å². The Kier molecular flexibility index (Phi) is 6.06. The lowest BCUT2D eigenvalue weighted by Gasteiger charge is -2.33. The highest BCUT2D eigenvalue weighted by Crippen LogP contribution is 2.28. The Morgan fingerprint density at radius 1 is 1.13 bits per heavy atom. The quantitative estimate of drug-likeness (QED) is 0.632. The molecule has 0 saturated carbocycles. The van der Waals surface area contributed by atoms with Gasteiger partial charge in [0.1, 0.15) is 5.82 Å². The number of methoxy groups -OCH3 is 2. The number of benzene rings is 2. The van der Waals surface area contributed by atoms with Crippen LogP contribution in [0, 0.1) is 5.82 Å². The number of ether oxygens (including phenoxy) is 2. The van der Waals surface area contributed by atoms with Crippen LogP contribution in [0.25, 0.3) is 11.3 Å². The average Bonchev–Trinajstić information content (AvgIpc) is 3.29. The molecule has 1 aliphatic heterocycles. The first-order valence-electron chi connectivity index (χ1n) is 10.2. The van der Waals surface area contributed by atoms with E-state index in [0.29, 0.717) is 23.6 Å². The molecule has 1 atom stereocenters. The van der Waals surface area contributed by atoms with Crippen LogP contribution in [-0.4, -0.2) is 49.5 Å².